The summed E-state index contributed by atoms with van der Waals surface area (Å²) in [7, 11) is 1.57. The molecule has 1 fully saturated rings. The minimum atomic E-state index is -0.114. The number of hydrogen-bond acceptors (Lipinski definition) is 7. The normalized spacial score (nSPS) is 17.1. The number of rotatable bonds is 4. The van der Waals surface area contributed by atoms with Crippen LogP contribution < -0.4 is 9.80 Å². The Hall–Kier alpha value is -3.46. The Morgan fingerprint density at radius 3 is 2.69 bits per heavy atom. The van der Waals surface area contributed by atoms with Gasteiger partial charge in [-0.2, -0.15) is 20.0 Å². The van der Waals surface area contributed by atoms with Crippen LogP contribution in [0, 0.1) is 0 Å². The van der Waals surface area contributed by atoms with Crippen LogP contribution >= 0.6 is 0 Å². The Bertz CT molecular complexity index is 978. The Balaban J connectivity index is 1.56. The van der Waals surface area contributed by atoms with Gasteiger partial charge in [0.15, 0.2) is 5.82 Å². The van der Waals surface area contributed by atoms with Gasteiger partial charge in [0, 0.05) is 12.6 Å². The second-order valence-corrected chi connectivity index (χ2v) is 6.62. The van der Waals surface area contributed by atoms with Crippen molar-refractivity contribution in [1.82, 2.24) is 24.9 Å². The molecular weight excluding hydrogens is 372 g/mol. The van der Waals surface area contributed by atoms with Crippen molar-refractivity contribution in [3.05, 3.63) is 60.4 Å². The lowest BCUT2D eigenvalue weighted by atomic mass is 10.1. The van der Waals surface area contributed by atoms with Crippen molar-refractivity contribution in [3.63, 3.8) is 0 Å². The number of benzene rings is 1. The van der Waals surface area contributed by atoms with E-state index in [1.54, 1.807) is 36.7 Å². The van der Waals surface area contributed by atoms with Crippen molar-refractivity contribution in [3.8, 4) is 11.6 Å². The van der Waals surface area contributed by atoms with Gasteiger partial charge in [-0.05, 0) is 25.1 Å². The van der Waals surface area contributed by atoms with Crippen molar-refractivity contribution in [2.24, 2.45) is 0 Å². The van der Waals surface area contributed by atoms with E-state index in [1.165, 1.54) is 4.80 Å². The van der Waals surface area contributed by atoms with Crippen LogP contribution in [0.3, 0.4) is 0 Å². The first-order chi connectivity index (χ1) is 14.2. The molecule has 0 saturated carbocycles. The number of pyridine rings is 1. The Labute approximate surface area is 168 Å². The van der Waals surface area contributed by atoms with E-state index in [0.29, 0.717) is 42.6 Å². The quantitative estimate of drug-likeness (QED) is 0.669. The third kappa shape index (κ3) is 3.90. The third-order valence-corrected chi connectivity index (χ3v) is 4.75. The number of carbonyl (C=O) groups excluding carboxylic acids is 1. The van der Waals surface area contributed by atoms with E-state index >= 15 is 0 Å². The van der Waals surface area contributed by atoms with E-state index in [0.717, 1.165) is 0 Å². The monoisotopic (exact) mass is 394 g/mol. The minimum Gasteiger partial charge on any atom is -0.481 e. The molecular formula is C20H22N6O3. The SMILES string of the molecule is COc1cccc(N2CCN(C(=O)c3ccccc3-n3nccn3)[C@H](C)CO2)n1. The molecule has 3 heterocycles. The van der Waals surface area contributed by atoms with Crippen LogP contribution in [0.15, 0.2) is 54.9 Å². The summed E-state index contributed by atoms with van der Waals surface area (Å²) in [5.41, 5.74) is 1.19. The maximum atomic E-state index is 13.4. The number of methoxy groups -OCH3 is 1. The van der Waals surface area contributed by atoms with E-state index in [1.807, 2.05) is 42.2 Å². The maximum Gasteiger partial charge on any atom is 0.256 e. The van der Waals surface area contributed by atoms with E-state index < -0.39 is 0 Å². The van der Waals surface area contributed by atoms with Crippen LogP contribution in [-0.4, -0.2) is 63.6 Å². The number of hydrogen-bond donors (Lipinski definition) is 0. The molecule has 1 atom stereocenters. The molecule has 1 aliphatic heterocycles. The Morgan fingerprint density at radius 1 is 1.10 bits per heavy atom. The van der Waals surface area contributed by atoms with Crippen LogP contribution in [0.25, 0.3) is 5.69 Å². The smallest absolute Gasteiger partial charge is 0.256 e. The van der Waals surface area contributed by atoms with Crippen LogP contribution in [0.5, 0.6) is 5.88 Å². The van der Waals surface area contributed by atoms with Gasteiger partial charge in [0.05, 0.1) is 49.9 Å². The number of ether oxygens (including phenoxy) is 1. The first-order valence-electron chi connectivity index (χ1n) is 9.35. The third-order valence-electron chi connectivity index (χ3n) is 4.75. The van der Waals surface area contributed by atoms with Crippen LogP contribution in [-0.2, 0) is 4.84 Å². The van der Waals surface area contributed by atoms with Crippen LogP contribution in [0.4, 0.5) is 5.82 Å². The van der Waals surface area contributed by atoms with E-state index in [4.69, 9.17) is 9.57 Å². The standard InChI is InChI=1S/C20H22N6O3/c1-15-14-29-25(18-8-5-9-19(23-18)28-2)13-12-24(15)20(27)16-6-3-4-7-17(16)26-21-10-11-22-26/h3-11,15H,12-14H2,1-2H3/t15-/m1/s1. The van der Waals surface area contributed by atoms with Crippen LogP contribution in [0.2, 0.25) is 0 Å². The molecule has 9 heteroatoms. The summed E-state index contributed by atoms with van der Waals surface area (Å²) in [6.45, 7) is 3.29. The topological polar surface area (TPSA) is 85.6 Å². The molecule has 0 aliphatic carbocycles. The van der Waals surface area contributed by atoms with Gasteiger partial charge in [-0.1, -0.05) is 18.2 Å². The largest absolute Gasteiger partial charge is 0.481 e. The number of aromatic nitrogens is 4. The fourth-order valence-corrected chi connectivity index (χ4v) is 3.23. The number of anilines is 1. The molecule has 1 amide bonds. The predicted octanol–water partition coefficient (Wildman–Crippen LogP) is 1.95. The number of nitrogens with zero attached hydrogens (tertiary/aromatic N) is 6. The molecule has 9 nitrogen and oxygen atoms in total. The summed E-state index contributed by atoms with van der Waals surface area (Å²) in [5.74, 6) is 1.07. The summed E-state index contributed by atoms with van der Waals surface area (Å²) >= 11 is 0. The van der Waals surface area contributed by atoms with Gasteiger partial charge in [-0.15, -0.1) is 0 Å². The highest BCUT2D eigenvalue weighted by atomic mass is 16.7. The zero-order valence-corrected chi connectivity index (χ0v) is 16.3. The average molecular weight is 394 g/mol. The second kappa shape index (κ2) is 8.27. The lowest BCUT2D eigenvalue weighted by molar-refractivity contribution is 0.0599. The molecule has 4 rings (SSSR count). The van der Waals surface area contributed by atoms with Gasteiger partial charge < -0.3 is 9.64 Å². The lowest BCUT2D eigenvalue weighted by Gasteiger charge is -2.26. The van der Waals surface area contributed by atoms with Crippen molar-refractivity contribution < 1.29 is 14.4 Å². The average Bonchev–Trinajstić information content (AvgIpc) is 3.23. The van der Waals surface area contributed by atoms with Crippen molar-refractivity contribution >= 4 is 11.7 Å². The van der Waals surface area contributed by atoms with Gasteiger partial charge in [-0.3, -0.25) is 9.63 Å². The first-order valence-corrected chi connectivity index (χ1v) is 9.35. The fourth-order valence-electron chi connectivity index (χ4n) is 3.23. The first kappa shape index (κ1) is 18.9. The summed E-state index contributed by atoms with van der Waals surface area (Å²) < 4.78 is 5.19. The molecule has 29 heavy (non-hydrogen) atoms. The lowest BCUT2D eigenvalue weighted by Crippen LogP contribution is -2.41. The van der Waals surface area contributed by atoms with Gasteiger partial charge in [-0.25, -0.2) is 5.06 Å². The molecule has 1 aromatic carbocycles. The number of carbonyl (C=O) groups is 1. The molecule has 1 aliphatic rings. The summed E-state index contributed by atoms with van der Waals surface area (Å²) in [6, 6.07) is 12.7. The van der Waals surface area contributed by atoms with Crippen molar-refractivity contribution in [2.45, 2.75) is 13.0 Å². The molecule has 2 aromatic heterocycles. The summed E-state index contributed by atoms with van der Waals surface area (Å²) in [5, 5.41) is 10.0. The maximum absolute atomic E-state index is 13.4. The highest BCUT2D eigenvalue weighted by Gasteiger charge is 2.28. The molecule has 0 radical (unpaired) electrons. The highest BCUT2D eigenvalue weighted by molar-refractivity contribution is 5.98. The Morgan fingerprint density at radius 2 is 1.90 bits per heavy atom. The second-order valence-electron chi connectivity index (χ2n) is 6.62. The van der Waals surface area contributed by atoms with Gasteiger partial charge in [0.25, 0.3) is 5.91 Å². The van der Waals surface area contributed by atoms with Crippen molar-refractivity contribution in [1.29, 1.82) is 0 Å². The predicted molar refractivity (Wildman–Crippen MR) is 106 cm³/mol. The highest BCUT2D eigenvalue weighted by Crippen LogP contribution is 2.21. The van der Waals surface area contributed by atoms with Gasteiger partial charge >= 0.3 is 0 Å². The summed E-state index contributed by atoms with van der Waals surface area (Å²) in [4.78, 5) is 27.0. The van der Waals surface area contributed by atoms with Gasteiger partial charge in [0.2, 0.25) is 5.88 Å². The molecule has 0 unspecified atom stereocenters. The molecule has 1 saturated heterocycles. The number of para-hydroxylation sites is 1. The molecule has 0 bridgehead atoms. The van der Waals surface area contributed by atoms with E-state index in [9.17, 15) is 4.79 Å². The van der Waals surface area contributed by atoms with Crippen LogP contribution in [0.1, 0.15) is 17.3 Å². The summed E-state index contributed by atoms with van der Waals surface area (Å²) in [6.07, 6.45) is 3.17. The molecule has 3 aromatic rings. The zero-order chi connectivity index (χ0) is 20.2. The molecule has 0 N–H and O–H groups in total. The number of amides is 1. The Kier molecular flexibility index (Phi) is 5.39. The van der Waals surface area contributed by atoms with Crippen molar-refractivity contribution in [2.75, 3.05) is 31.9 Å². The molecule has 0 spiro atoms. The van der Waals surface area contributed by atoms with Gasteiger partial charge in [0.1, 0.15) is 0 Å². The van der Waals surface area contributed by atoms with E-state index in [2.05, 4.69) is 15.2 Å². The van der Waals surface area contributed by atoms with E-state index in [-0.39, 0.29) is 11.9 Å². The fraction of sp³-hybridized carbons (Fsp3) is 0.300. The molecule has 150 valence electrons. The minimum absolute atomic E-state index is 0.0885. The number of hydroxylamine groups is 1. The zero-order valence-electron chi connectivity index (χ0n) is 16.3.